The Hall–Kier alpha value is -1.07. The van der Waals surface area contributed by atoms with E-state index in [1.807, 2.05) is 11.8 Å². The van der Waals surface area contributed by atoms with Crippen molar-refractivity contribution in [1.82, 2.24) is 5.32 Å². The summed E-state index contributed by atoms with van der Waals surface area (Å²) in [6, 6.07) is 6.00. The van der Waals surface area contributed by atoms with Gasteiger partial charge in [0.25, 0.3) is 0 Å². The van der Waals surface area contributed by atoms with Crippen LogP contribution in [0.5, 0.6) is 0 Å². The standard InChI is InChI=1S/C14H18FNO2S/c1-18-14(6-7-19-10-14)9-16-13(17)8-11-2-4-12(15)5-3-11/h2-5H,6-10H2,1H3,(H,16,17). The minimum atomic E-state index is -0.287. The Morgan fingerprint density at radius 1 is 1.47 bits per heavy atom. The second-order valence-corrected chi connectivity index (χ2v) is 5.87. The van der Waals surface area contributed by atoms with Gasteiger partial charge in [0, 0.05) is 19.4 Å². The lowest BCUT2D eigenvalue weighted by Crippen LogP contribution is -2.44. The second-order valence-electron chi connectivity index (χ2n) is 4.77. The van der Waals surface area contributed by atoms with Gasteiger partial charge in [-0.2, -0.15) is 11.8 Å². The molecule has 1 fully saturated rings. The third-order valence-corrected chi connectivity index (χ3v) is 4.61. The monoisotopic (exact) mass is 283 g/mol. The van der Waals surface area contributed by atoms with E-state index in [1.165, 1.54) is 12.1 Å². The number of halogens is 1. The van der Waals surface area contributed by atoms with Gasteiger partial charge in [-0.05, 0) is 29.9 Å². The number of amides is 1. The predicted molar refractivity (Wildman–Crippen MR) is 74.8 cm³/mol. The van der Waals surface area contributed by atoms with E-state index < -0.39 is 0 Å². The number of hydrogen-bond acceptors (Lipinski definition) is 3. The van der Waals surface area contributed by atoms with E-state index in [0.717, 1.165) is 23.5 Å². The molecule has 1 aromatic rings. The zero-order valence-electron chi connectivity index (χ0n) is 10.9. The predicted octanol–water partition coefficient (Wildman–Crippen LogP) is 2.01. The average Bonchev–Trinajstić information content (AvgIpc) is 2.89. The van der Waals surface area contributed by atoms with Crippen LogP contribution in [0.15, 0.2) is 24.3 Å². The Labute approximate surface area is 116 Å². The summed E-state index contributed by atoms with van der Waals surface area (Å²) in [7, 11) is 1.69. The minimum Gasteiger partial charge on any atom is -0.376 e. The van der Waals surface area contributed by atoms with Gasteiger partial charge < -0.3 is 10.1 Å². The third kappa shape index (κ3) is 3.94. The molecule has 1 aliphatic heterocycles. The fourth-order valence-corrected chi connectivity index (χ4v) is 3.47. The van der Waals surface area contributed by atoms with Gasteiger partial charge in [0.1, 0.15) is 5.82 Å². The van der Waals surface area contributed by atoms with E-state index in [-0.39, 0.29) is 23.7 Å². The lowest BCUT2D eigenvalue weighted by atomic mass is 10.0. The number of benzene rings is 1. The van der Waals surface area contributed by atoms with E-state index >= 15 is 0 Å². The minimum absolute atomic E-state index is 0.0556. The summed E-state index contributed by atoms with van der Waals surface area (Å²) in [6.07, 6.45) is 1.23. The highest BCUT2D eigenvalue weighted by atomic mass is 32.2. The third-order valence-electron chi connectivity index (χ3n) is 3.39. The quantitative estimate of drug-likeness (QED) is 0.898. The van der Waals surface area contributed by atoms with Crippen LogP contribution in [0, 0.1) is 5.82 Å². The van der Waals surface area contributed by atoms with Crippen molar-refractivity contribution in [3.05, 3.63) is 35.6 Å². The van der Waals surface area contributed by atoms with Gasteiger partial charge in [0.2, 0.25) is 5.91 Å². The first kappa shape index (κ1) is 14.3. The van der Waals surface area contributed by atoms with Crippen LogP contribution in [0.2, 0.25) is 0 Å². The van der Waals surface area contributed by atoms with Crippen molar-refractivity contribution in [2.24, 2.45) is 0 Å². The van der Waals surface area contributed by atoms with Gasteiger partial charge in [-0.15, -0.1) is 0 Å². The molecule has 104 valence electrons. The topological polar surface area (TPSA) is 38.3 Å². The fourth-order valence-electron chi connectivity index (χ4n) is 2.07. The Morgan fingerprint density at radius 2 is 2.21 bits per heavy atom. The van der Waals surface area contributed by atoms with Crippen molar-refractivity contribution in [1.29, 1.82) is 0 Å². The molecule has 0 bridgehead atoms. The molecular formula is C14H18FNO2S. The van der Waals surface area contributed by atoms with Crippen LogP contribution >= 0.6 is 11.8 Å². The maximum Gasteiger partial charge on any atom is 0.224 e. The number of nitrogens with one attached hydrogen (secondary N) is 1. The van der Waals surface area contributed by atoms with Crippen molar-refractivity contribution in [3.8, 4) is 0 Å². The van der Waals surface area contributed by atoms with E-state index in [9.17, 15) is 9.18 Å². The number of thioether (sulfide) groups is 1. The Bertz CT molecular complexity index is 430. The largest absolute Gasteiger partial charge is 0.376 e. The van der Waals surface area contributed by atoms with Crippen molar-refractivity contribution >= 4 is 17.7 Å². The zero-order valence-corrected chi connectivity index (χ0v) is 11.8. The van der Waals surface area contributed by atoms with Crippen molar-refractivity contribution in [3.63, 3.8) is 0 Å². The molecule has 0 aromatic heterocycles. The molecule has 1 aromatic carbocycles. The fraction of sp³-hybridized carbons (Fsp3) is 0.500. The molecule has 1 unspecified atom stereocenters. The van der Waals surface area contributed by atoms with Gasteiger partial charge in [-0.1, -0.05) is 12.1 Å². The highest BCUT2D eigenvalue weighted by molar-refractivity contribution is 7.99. The van der Waals surface area contributed by atoms with Crippen LogP contribution < -0.4 is 5.32 Å². The van der Waals surface area contributed by atoms with Crippen LogP contribution in [-0.2, 0) is 16.0 Å². The number of carbonyl (C=O) groups is 1. The maximum absolute atomic E-state index is 12.8. The normalized spacial score (nSPS) is 22.4. The molecule has 1 atom stereocenters. The number of carbonyl (C=O) groups excluding carboxylic acids is 1. The molecular weight excluding hydrogens is 265 g/mol. The Morgan fingerprint density at radius 3 is 2.79 bits per heavy atom. The smallest absolute Gasteiger partial charge is 0.224 e. The number of hydrogen-bond donors (Lipinski definition) is 1. The molecule has 5 heteroatoms. The first-order valence-corrected chi connectivity index (χ1v) is 7.43. The van der Waals surface area contributed by atoms with Crippen molar-refractivity contribution < 1.29 is 13.9 Å². The maximum atomic E-state index is 12.8. The summed E-state index contributed by atoms with van der Waals surface area (Å²) in [4.78, 5) is 11.8. The summed E-state index contributed by atoms with van der Waals surface area (Å²) in [5.74, 6) is 1.65. The Kier molecular flexibility index (Phi) is 4.82. The summed E-state index contributed by atoms with van der Waals surface area (Å²) in [5.41, 5.74) is 0.592. The molecule has 0 aliphatic carbocycles. The first-order valence-electron chi connectivity index (χ1n) is 6.28. The lowest BCUT2D eigenvalue weighted by Gasteiger charge is -2.26. The second kappa shape index (κ2) is 6.39. The van der Waals surface area contributed by atoms with Gasteiger partial charge in [-0.25, -0.2) is 4.39 Å². The summed E-state index contributed by atoms with van der Waals surface area (Å²) in [5, 5.41) is 2.91. The van der Waals surface area contributed by atoms with E-state index in [2.05, 4.69) is 5.32 Å². The molecule has 1 aliphatic rings. The molecule has 19 heavy (non-hydrogen) atoms. The molecule has 1 amide bonds. The molecule has 1 N–H and O–H groups in total. The van der Waals surface area contributed by atoms with Gasteiger partial charge in [-0.3, -0.25) is 4.79 Å². The zero-order chi connectivity index (χ0) is 13.7. The van der Waals surface area contributed by atoms with E-state index in [4.69, 9.17) is 4.74 Å². The molecule has 3 nitrogen and oxygen atoms in total. The highest BCUT2D eigenvalue weighted by Crippen LogP contribution is 2.30. The Balaban J connectivity index is 1.82. The lowest BCUT2D eigenvalue weighted by molar-refractivity contribution is -0.121. The van der Waals surface area contributed by atoms with E-state index in [0.29, 0.717) is 6.54 Å². The molecule has 1 heterocycles. The van der Waals surface area contributed by atoms with Gasteiger partial charge >= 0.3 is 0 Å². The molecule has 0 radical (unpaired) electrons. The van der Waals surface area contributed by atoms with Crippen LogP contribution in [0.25, 0.3) is 0 Å². The molecule has 0 saturated carbocycles. The summed E-state index contributed by atoms with van der Waals surface area (Å²) < 4.78 is 18.3. The molecule has 1 saturated heterocycles. The number of methoxy groups -OCH3 is 1. The van der Waals surface area contributed by atoms with E-state index in [1.54, 1.807) is 19.2 Å². The molecule has 0 spiro atoms. The van der Waals surface area contributed by atoms with Crippen LogP contribution in [-0.4, -0.2) is 36.7 Å². The summed E-state index contributed by atoms with van der Waals surface area (Å²) >= 11 is 1.84. The van der Waals surface area contributed by atoms with Crippen LogP contribution in [0.4, 0.5) is 4.39 Å². The SMILES string of the molecule is COC1(CNC(=O)Cc2ccc(F)cc2)CCSC1. The first-order chi connectivity index (χ1) is 9.13. The van der Waals surface area contributed by atoms with Crippen LogP contribution in [0.3, 0.4) is 0 Å². The average molecular weight is 283 g/mol. The van der Waals surface area contributed by atoms with Crippen molar-refractivity contribution in [2.45, 2.75) is 18.4 Å². The number of rotatable bonds is 5. The van der Waals surface area contributed by atoms with Crippen LogP contribution in [0.1, 0.15) is 12.0 Å². The molecule has 2 rings (SSSR count). The number of ether oxygens (including phenoxy) is 1. The highest BCUT2D eigenvalue weighted by Gasteiger charge is 2.34. The summed E-state index contributed by atoms with van der Waals surface area (Å²) in [6.45, 7) is 0.538. The van der Waals surface area contributed by atoms with Gasteiger partial charge in [0.05, 0.1) is 12.0 Å². The van der Waals surface area contributed by atoms with Crippen molar-refractivity contribution in [2.75, 3.05) is 25.2 Å². The van der Waals surface area contributed by atoms with Gasteiger partial charge in [0.15, 0.2) is 0 Å².